The summed E-state index contributed by atoms with van der Waals surface area (Å²) < 4.78 is 1.93. The molecule has 0 fully saturated rings. The maximum absolute atomic E-state index is 4.90. The molecule has 162 valence electrons. The van der Waals surface area contributed by atoms with Crippen LogP contribution in [0.5, 0.6) is 0 Å². The highest BCUT2D eigenvalue weighted by Gasteiger charge is 2.10. The average Bonchev–Trinajstić information content (AvgIpc) is 2.76. The number of hydrogen-bond donors (Lipinski definition) is 1. The number of halogens is 2. The second-order valence-electron chi connectivity index (χ2n) is 7.53. The van der Waals surface area contributed by atoms with Gasteiger partial charge in [-0.3, -0.25) is 5.43 Å². The Labute approximate surface area is 201 Å². The van der Waals surface area contributed by atoms with Crippen LogP contribution in [-0.2, 0) is 0 Å². The monoisotopic (exact) mass is 542 g/mol. The van der Waals surface area contributed by atoms with Gasteiger partial charge in [-0.1, -0.05) is 72.8 Å². The summed E-state index contributed by atoms with van der Waals surface area (Å²) in [4.78, 5) is 9.70. The van der Waals surface area contributed by atoms with E-state index >= 15 is 0 Å². The van der Waals surface area contributed by atoms with E-state index in [4.69, 9.17) is 9.98 Å². The second-order valence-corrected chi connectivity index (χ2v) is 9.30. The Hall–Kier alpha value is -2.05. The number of aryl methyl sites for hydroxylation is 1. The molecule has 4 nitrogen and oxygen atoms in total. The summed E-state index contributed by atoms with van der Waals surface area (Å²) in [6.45, 7) is 4.28. The third-order valence-corrected chi connectivity index (χ3v) is 6.04. The highest BCUT2D eigenvalue weighted by atomic mass is 79.9. The summed E-state index contributed by atoms with van der Waals surface area (Å²) in [6, 6.07) is 16.2. The van der Waals surface area contributed by atoms with E-state index in [-0.39, 0.29) is 0 Å². The van der Waals surface area contributed by atoms with Crippen LogP contribution in [0.2, 0.25) is 0 Å². The Morgan fingerprint density at radius 3 is 2.65 bits per heavy atom. The van der Waals surface area contributed by atoms with Gasteiger partial charge in [0.15, 0.2) is 5.84 Å². The van der Waals surface area contributed by atoms with Gasteiger partial charge in [-0.05, 0) is 65.5 Å². The minimum atomic E-state index is 0.624. The molecule has 6 heteroatoms. The summed E-state index contributed by atoms with van der Waals surface area (Å²) in [6.07, 6.45) is 9.16. The molecule has 0 amide bonds. The van der Waals surface area contributed by atoms with Crippen molar-refractivity contribution in [3.63, 3.8) is 0 Å². The fraction of sp³-hybridized carbons (Fsp3) is 0.320. The fourth-order valence-corrected chi connectivity index (χ4v) is 4.82. The van der Waals surface area contributed by atoms with Crippen LogP contribution in [0.4, 0.5) is 5.69 Å². The molecule has 2 aromatic carbocycles. The van der Waals surface area contributed by atoms with Crippen LogP contribution in [0.3, 0.4) is 0 Å². The molecule has 0 radical (unpaired) electrons. The molecule has 0 aliphatic carbocycles. The van der Waals surface area contributed by atoms with E-state index in [2.05, 4.69) is 67.5 Å². The van der Waals surface area contributed by atoms with Crippen molar-refractivity contribution in [2.45, 2.75) is 52.4 Å². The van der Waals surface area contributed by atoms with Crippen molar-refractivity contribution in [2.24, 2.45) is 10.1 Å². The predicted octanol–water partition coefficient (Wildman–Crippen LogP) is 8.08. The first kappa shape index (κ1) is 23.6. The molecule has 1 aromatic heterocycles. The van der Waals surface area contributed by atoms with Crippen molar-refractivity contribution in [3.05, 3.63) is 68.7 Å². The number of fused-ring (bicyclic) bond motifs is 1. The van der Waals surface area contributed by atoms with Gasteiger partial charge in [-0.15, -0.1) is 0 Å². The number of hydrogen-bond acceptors (Lipinski definition) is 3. The summed E-state index contributed by atoms with van der Waals surface area (Å²) in [5, 5.41) is 5.55. The zero-order valence-electron chi connectivity index (χ0n) is 18.0. The molecule has 1 heterocycles. The lowest BCUT2D eigenvalue weighted by Gasteiger charge is -2.10. The Bertz CT molecular complexity index is 1050. The molecule has 0 saturated carbocycles. The van der Waals surface area contributed by atoms with Crippen molar-refractivity contribution in [2.75, 3.05) is 0 Å². The third kappa shape index (κ3) is 6.97. The number of nitrogens with one attached hydrogen (secondary N) is 1. The summed E-state index contributed by atoms with van der Waals surface area (Å²) in [5.41, 5.74) is 6.75. The standard InChI is InChI=1S/C25H28Br2N4/c1-3-4-5-6-7-10-15-28-31-25(30-24-18(2)16-20(26)17-21(24)27)23-14-13-19-11-8-9-12-22(19)29-23/h8-9,11-17H,3-7,10H2,1-2H3,(H,30,31). The minimum absolute atomic E-state index is 0.624. The molecule has 1 N–H and O–H groups in total. The molecule has 3 aromatic rings. The topological polar surface area (TPSA) is 49.6 Å². The van der Waals surface area contributed by atoms with Crippen LogP contribution in [0.1, 0.15) is 56.7 Å². The minimum Gasteiger partial charge on any atom is -0.260 e. The van der Waals surface area contributed by atoms with Crippen molar-refractivity contribution >= 4 is 60.5 Å². The lowest BCUT2D eigenvalue weighted by Crippen LogP contribution is -2.20. The summed E-state index contributed by atoms with van der Waals surface area (Å²) in [7, 11) is 0. The third-order valence-electron chi connectivity index (χ3n) is 4.98. The van der Waals surface area contributed by atoms with Crippen LogP contribution in [0, 0.1) is 6.92 Å². The van der Waals surface area contributed by atoms with Gasteiger partial charge in [0.05, 0.1) is 11.2 Å². The van der Waals surface area contributed by atoms with E-state index in [1.807, 2.05) is 43.5 Å². The number of rotatable bonds is 9. The van der Waals surface area contributed by atoms with E-state index in [9.17, 15) is 0 Å². The predicted molar refractivity (Wildman–Crippen MR) is 140 cm³/mol. The van der Waals surface area contributed by atoms with Gasteiger partial charge in [0, 0.05) is 20.5 Å². The van der Waals surface area contributed by atoms with Crippen molar-refractivity contribution < 1.29 is 0 Å². The molecule has 0 saturated heterocycles. The Morgan fingerprint density at radius 1 is 1.03 bits per heavy atom. The number of amidine groups is 1. The number of nitrogens with zero attached hydrogens (tertiary/aromatic N) is 3. The average molecular weight is 544 g/mol. The zero-order valence-corrected chi connectivity index (χ0v) is 21.2. The maximum Gasteiger partial charge on any atom is 0.173 e. The van der Waals surface area contributed by atoms with E-state index in [1.54, 1.807) is 0 Å². The van der Waals surface area contributed by atoms with Crippen LogP contribution in [0.15, 0.2) is 67.6 Å². The maximum atomic E-state index is 4.90. The number of benzene rings is 2. The number of unbranched alkanes of at least 4 members (excludes halogenated alkanes) is 5. The van der Waals surface area contributed by atoms with Gasteiger partial charge in [0.2, 0.25) is 0 Å². The lowest BCUT2D eigenvalue weighted by atomic mass is 10.1. The summed E-state index contributed by atoms with van der Waals surface area (Å²) in [5.74, 6) is 0.624. The van der Waals surface area contributed by atoms with Crippen LogP contribution in [0.25, 0.3) is 10.9 Å². The summed E-state index contributed by atoms with van der Waals surface area (Å²) >= 11 is 7.18. The van der Waals surface area contributed by atoms with Crippen molar-refractivity contribution in [1.29, 1.82) is 0 Å². The molecule has 0 unspecified atom stereocenters. The molecular weight excluding hydrogens is 516 g/mol. The van der Waals surface area contributed by atoms with Crippen LogP contribution < -0.4 is 5.43 Å². The molecule has 0 aliphatic rings. The smallest absolute Gasteiger partial charge is 0.173 e. The molecule has 0 atom stereocenters. The Kier molecular flexibility index (Phi) is 9.22. The number of aromatic nitrogens is 1. The van der Waals surface area contributed by atoms with Gasteiger partial charge in [0.1, 0.15) is 5.69 Å². The molecular formula is C25H28Br2N4. The van der Waals surface area contributed by atoms with E-state index in [0.717, 1.165) is 49.6 Å². The molecule has 0 aliphatic heterocycles. The first-order chi connectivity index (χ1) is 15.1. The normalized spacial score (nSPS) is 12.1. The van der Waals surface area contributed by atoms with E-state index in [0.29, 0.717) is 5.84 Å². The SMILES string of the molecule is CCCCCCCC=NNC(=Nc1c(C)cc(Br)cc1Br)c1ccc2ccccc2n1. The first-order valence-corrected chi connectivity index (χ1v) is 12.3. The van der Waals surface area contributed by atoms with Gasteiger partial charge in [-0.25, -0.2) is 9.98 Å². The molecule has 0 spiro atoms. The molecule has 3 rings (SSSR count). The Morgan fingerprint density at radius 2 is 1.84 bits per heavy atom. The van der Waals surface area contributed by atoms with Gasteiger partial charge in [-0.2, -0.15) is 5.10 Å². The van der Waals surface area contributed by atoms with Crippen molar-refractivity contribution in [1.82, 2.24) is 10.4 Å². The highest BCUT2D eigenvalue weighted by molar-refractivity contribution is 9.11. The van der Waals surface area contributed by atoms with Gasteiger partial charge < -0.3 is 0 Å². The molecule has 31 heavy (non-hydrogen) atoms. The highest BCUT2D eigenvalue weighted by Crippen LogP contribution is 2.33. The van der Waals surface area contributed by atoms with E-state index in [1.165, 1.54) is 25.7 Å². The largest absolute Gasteiger partial charge is 0.260 e. The van der Waals surface area contributed by atoms with Crippen molar-refractivity contribution in [3.8, 4) is 0 Å². The first-order valence-electron chi connectivity index (χ1n) is 10.8. The van der Waals surface area contributed by atoms with Gasteiger partial charge in [0.25, 0.3) is 0 Å². The number of aliphatic imine (C=N–C) groups is 1. The lowest BCUT2D eigenvalue weighted by molar-refractivity contribution is 0.644. The van der Waals surface area contributed by atoms with Crippen LogP contribution >= 0.6 is 31.9 Å². The number of hydrazone groups is 1. The van der Waals surface area contributed by atoms with Crippen LogP contribution in [-0.4, -0.2) is 17.0 Å². The quantitative estimate of drug-likeness (QED) is 0.128. The number of para-hydroxylation sites is 1. The fourth-order valence-electron chi connectivity index (χ4n) is 3.30. The number of pyridine rings is 1. The van der Waals surface area contributed by atoms with E-state index < -0.39 is 0 Å². The van der Waals surface area contributed by atoms with Gasteiger partial charge >= 0.3 is 0 Å². The molecule has 0 bridgehead atoms. The zero-order chi connectivity index (χ0) is 22.1. The second kappa shape index (κ2) is 12.1. The Balaban J connectivity index is 1.85.